The van der Waals surface area contributed by atoms with Crippen LogP contribution in [0.25, 0.3) is 10.9 Å². The van der Waals surface area contributed by atoms with Gasteiger partial charge < -0.3 is 15.4 Å². The third-order valence-corrected chi connectivity index (χ3v) is 5.34. The predicted molar refractivity (Wildman–Crippen MR) is 122 cm³/mol. The van der Waals surface area contributed by atoms with Crippen molar-refractivity contribution in [2.45, 2.75) is 51.5 Å². The quantitative estimate of drug-likeness (QED) is 0.314. The number of hydrogen-bond acceptors (Lipinski definition) is 8. The van der Waals surface area contributed by atoms with Crippen LogP contribution in [0.2, 0.25) is 0 Å². The molecule has 1 aromatic carbocycles. The summed E-state index contributed by atoms with van der Waals surface area (Å²) in [5.74, 6) is -0.920. The molecule has 3 rings (SSSR count). The van der Waals surface area contributed by atoms with Crippen LogP contribution in [0.4, 0.5) is 5.69 Å². The maximum Gasteiger partial charge on any atom is 0.280 e. The largest absolute Gasteiger partial charge is 0.384 e. The standard InChI is InChI=1S/C22H30N6O5/c1-15(29)23-12-6-14-33-13-4-2-3-11-24-16-7-5-8-17-20(16)22(32)28(27-26-17)18-9-10-19(30)25-21(18)31/h5,7-8,18,24H,2-4,6,9-14H2,1H3,(H,23,29)(H,25,30,31). The molecule has 0 radical (unpaired) electrons. The molecular formula is C22H30N6O5. The molecule has 3 N–H and O–H groups in total. The molecule has 178 valence electrons. The first kappa shape index (κ1) is 24.3. The lowest BCUT2D eigenvalue weighted by Gasteiger charge is -2.21. The van der Waals surface area contributed by atoms with Crippen molar-refractivity contribution in [1.29, 1.82) is 0 Å². The number of rotatable bonds is 12. The molecule has 1 atom stereocenters. The van der Waals surface area contributed by atoms with Gasteiger partial charge in [0.15, 0.2) is 0 Å². The summed E-state index contributed by atoms with van der Waals surface area (Å²) in [5.41, 5.74) is 0.675. The summed E-state index contributed by atoms with van der Waals surface area (Å²) in [7, 11) is 0. The van der Waals surface area contributed by atoms with Crippen LogP contribution in [-0.4, -0.2) is 59.0 Å². The van der Waals surface area contributed by atoms with E-state index in [0.717, 1.165) is 30.4 Å². The third-order valence-electron chi connectivity index (χ3n) is 5.34. The minimum Gasteiger partial charge on any atom is -0.384 e. The van der Waals surface area contributed by atoms with Crippen molar-refractivity contribution in [3.63, 3.8) is 0 Å². The smallest absolute Gasteiger partial charge is 0.280 e. The van der Waals surface area contributed by atoms with Crippen molar-refractivity contribution < 1.29 is 19.1 Å². The van der Waals surface area contributed by atoms with Crippen LogP contribution in [0, 0.1) is 0 Å². The summed E-state index contributed by atoms with van der Waals surface area (Å²) in [4.78, 5) is 47.5. The van der Waals surface area contributed by atoms with Gasteiger partial charge in [0.05, 0.1) is 5.39 Å². The molecule has 1 aliphatic rings. The maximum absolute atomic E-state index is 13.1. The molecule has 1 fully saturated rings. The van der Waals surface area contributed by atoms with Gasteiger partial charge in [0, 0.05) is 45.3 Å². The lowest BCUT2D eigenvalue weighted by Crippen LogP contribution is -2.45. The van der Waals surface area contributed by atoms with Gasteiger partial charge in [-0.15, -0.1) is 5.10 Å². The van der Waals surface area contributed by atoms with Crippen molar-refractivity contribution in [3.05, 3.63) is 28.6 Å². The highest BCUT2D eigenvalue weighted by atomic mass is 16.5. The van der Waals surface area contributed by atoms with Crippen LogP contribution < -0.4 is 21.5 Å². The van der Waals surface area contributed by atoms with Crippen molar-refractivity contribution in [3.8, 4) is 0 Å². The van der Waals surface area contributed by atoms with E-state index in [2.05, 4.69) is 26.3 Å². The zero-order chi connectivity index (χ0) is 23.6. The highest BCUT2D eigenvalue weighted by Crippen LogP contribution is 2.20. The fourth-order valence-electron chi connectivity index (χ4n) is 3.64. The highest BCUT2D eigenvalue weighted by molar-refractivity contribution is 5.99. The average molecular weight is 459 g/mol. The van der Waals surface area contributed by atoms with Gasteiger partial charge in [0.25, 0.3) is 11.5 Å². The normalized spacial score (nSPS) is 16.0. The Hall–Kier alpha value is -3.34. The number of unbranched alkanes of at least 4 members (excludes halogenated alkanes) is 2. The van der Waals surface area contributed by atoms with E-state index in [0.29, 0.717) is 42.9 Å². The fraction of sp³-hybridized carbons (Fsp3) is 0.545. The Bertz CT molecular complexity index is 1050. The van der Waals surface area contributed by atoms with E-state index in [-0.39, 0.29) is 24.7 Å². The number of nitrogens with zero attached hydrogens (tertiary/aromatic N) is 3. The zero-order valence-corrected chi connectivity index (χ0v) is 18.8. The van der Waals surface area contributed by atoms with E-state index < -0.39 is 17.5 Å². The van der Waals surface area contributed by atoms with Gasteiger partial charge in [-0.3, -0.25) is 24.5 Å². The average Bonchev–Trinajstić information content (AvgIpc) is 2.78. The van der Waals surface area contributed by atoms with Gasteiger partial charge in [-0.1, -0.05) is 11.3 Å². The minimum absolute atomic E-state index is 0.0318. The number of imide groups is 1. The SMILES string of the molecule is CC(=O)NCCCOCCCCCNc1cccc2nnn(C3CCC(=O)NC3=O)c(=O)c12. The van der Waals surface area contributed by atoms with Crippen molar-refractivity contribution in [2.75, 3.05) is 31.6 Å². The van der Waals surface area contributed by atoms with Crippen molar-refractivity contribution in [1.82, 2.24) is 25.6 Å². The Labute approximate surface area is 191 Å². The Balaban J connectivity index is 1.50. The molecule has 3 amide bonds. The Morgan fingerprint density at radius 3 is 2.76 bits per heavy atom. The second-order valence-electron chi connectivity index (χ2n) is 7.94. The lowest BCUT2D eigenvalue weighted by atomic mass is 10.1. The zero-order valence-electron chi connectivity index (χ0n) is 18.8. The number of benzene rings is 1. The molecule has 0 spiro atoms. The van der Waals surface area contributed by atoms with Crippen LogP contribution in [-0.2, 0) is 19.1 Å². The fourth-order valence-corrected chi connectivity index (χ4v) is 3.64. The van der Waals surface area contributed by atoms with Gasteiger partial charge in [0.2, 0.25) is 11.8 Å². The first-order valence-electron chi connectivity index (χ1n) is 11.3. The summed E-state index contributed by atoms with van der Waals surface area (Å²) in [5, 5.41) is 16.7. The third kappa shape index (κ3) is 6.82. The van der Waals surface area contributed by atoms with Gasteiger partial charge in [-0.2, -0.15) is 4.68 Å². The van der Waals surface area contributed by atoms with Crippen molar-refractivity contribution in [2.24, 2.45) is 0 Å². The lowest BCUT2D eigenvalue weighted by molar-refractivity contribution is -0.136. The molecule has 0 bridgehead atoms. The Morgan fingerprint density at radius 1 is 1.15 bits per heavy atom. The summed E-state index contributed by atoms with van der Waals surface area (Å²) < 4.78 is 6.62. The van der Waals surface area contributed by atoms with Gasteiger partial charge >= 0.3 is 0 Å². The van der Waals surface area contributed by atoms with Gasteiger partial charge in [0.1, 0.15) is 11.6 Å². The number of aromatic nitrogens is 3. The number of amides is 3. The molecule has 2 heterocycles. The number of hydrogen-bond donors (Lipinski definition) is 3. The molecule has 33 heavy (non-hydrogen) atoms. The van der Waals surface area contributed by atoms with E-state index in [1.165, 1.54) is 6.92 Å². The second-order valence-corrected chi connectivity index (χ2v) is 7.94. The number of ether oxygens (including phenoxy) is 1. The van der Waals surface area contributed by atoms with E-state index >= 15 is 0 Å². The monoisotopic (exact) mass is 458 g/mol. The minimum atomic E-state index is -0.849. The van der Waals surface area contributed by atoms with Gasteiger partial charge in [-0.25, -0.2) is 0 Å². The second kappa shape index (κ2) is 12.0. The van der Waals surface area contributed by atoms with Crippen LogP contribution in [0.3, 0.4) is 0 Å². The molecule has 0 aliphatic carbocycles. The summed E-state index contributed by atoms with van der Waals surface area (Å²) in [6, 6.07) is 4.45. The predicted octanol–water partition coefficient (Wildman–Crippen LogP) is 0.894. The molecule has 1 aliphatic heterocycles. The number of fused-ring (bicyclic) bond motifs is 1. The summed E-state index contributed by atoms with van der Waals surface area (Å²) in [6.45, 7) is 4.08. The first-order valence-corrected chi connectivity index (χ1v) is 11.3. The van der Waals surface area contributed by atoms with Crippen LogP contribution in [0.5, 0.6) is 0 Å². The van der Waals surface area contributed by atoms with Crippen molar-refractivity contribution >= 4 is 34.3 Å². The number of piperidine rings is 1. The molecule has 1 unspecified atom stereocenters. The first-order chi connectivity index (χ1) is 16.0. The topological polar surface area (TPSA) is 144 Å². The van der Waals surface area contributed by atoms with E-state index in [9.17, 15) is 19.2 Å². The molecule has 11 heteroatoms. The maximum atomic E-state index is 13.1. The number of carbonyl (C=O) groups excluding carboxylic acids is 3. The van der Waals surface area contributed by atoms with E-state index in [1.807, 2.05) is 0 Å². The molecule has 1 aromatic heterocycles. The van der Waals surface area contributed by atoms with Gasteiger partial charge in [-0.05, 0) is 44.2 Å². The van der Waals surface area contributed by atoms with E-state index in [1.54, 1.807) is 18.2 Å². The summed E-state index contributed by atoms with van der Waals surface area (Å²) >= 11 is 0. The summed E-state index contributed by atoms with van der Waals surface area (Å²) in [6.07, 6.45) is 3.94. The van der Waals surface area contributed by atoms with Crippen LogP contribution in [0.1, 0.15) is 51.5 Å². The van der Waals surface area contributed by atoms with Crippen LogP contribution >= 0.6 is 0 Å². The molecule has 1 saturated heterocycles. The van der Waals surface area contributed by atoms with Crippen LogP contribution in [0.15, 0.2) is 23.0 Å². The molecular weight excluding hydrogens is 428 g/mol. The number of anilines is 1. The number of nitrogens with one attached hydrogen (secondary N) is 3. The molecule has 11 nitrogen and oxygen atoms in total. The molecule has 2 aromatic rings. The highest BCUT2D eigenvalue weighted by Gasteiger charge is 2.30. The Morgan fingerprint density at radius 2 is 1.97 bits per heavy atom. The Kier molecular flexibility index (Phi) is 8.87. The molecule has 0 saturated carbocycles. The number of carbonyl (C=O) groups is 3. The van der Waals surface area contributed by atoms with E-state index in [4.69, 9.17) is 4.74 Å².